The van der Waals surface area contributed by atoms with Crippen molar-refractivity contribution in [2.24, 2.45) is 0 Å². The number of carbonyl (C=O) groups excluding carboxylic acids is 1. The van der Waals surface area contributed by atoms with Crippen LogP contribution in [0, 0.1) is 6.92 Å². The van der Waals surface area contributed by atoms with Gasteiger partial charge in [-0.15, -0.1) is 11.3 Å². The molecule has 7 nitrogen and oxygen atoms in total. The number of amides is 1. The molecule has 1 fully saturated rings. The molecular formula is C14H20N6OS. The Morgan fingerprint density at radius 3 is 2.95 bits per heavy atom. The normalized spacial score (nSPS) is 16.8. The molecule has 0 aromatic carbocycles. The molecule has 0 bridgehead atoms. The van der Waals surface area contributed by atoms with Gasteiger partial charge in [0.2, 0.25) is 0 Å². The summed E-state index contributed by atoms with van der Waals surface area (Å²) in [4.78, 5) is 23.9. The maximum absolute atomic E-state index is 12.3. The number of rotatable bonds is 5. The van der Waals surface area contributed by atoms with Gasteiger partial charge in [0.15, 0.2) is 5.82 Å². The number of aromatic amines is 1. The fraction of sp³-hybridized carbons (Fsp3) is 0.571. The van der Waals surface area contributed by atoms with E-state index in [1.165, 1.54) is 24.2 Å². The molecule has 3 rings (SSSR count). The predicted molar refractivity (Wildman–Crippen MR) is 83.6 cm³/mol. The monoisotopic (exact) mass is 320 g/mol. The molecule has 0 radical (unpaired) electrons. The number of aryl methyl sites for hydroxylation is 1. The average molecular weight is 320 g/mol. The van der Waals surface area contributed by atoms with Gasteiger partial charge in [0.25, 0.3) is 5.91 Å². The molecule has 1 saturated heterocycles. The second kappa shape index (κ2) is 6.53. The van der Waals surface area contributed by atoms with Crippen molar-refractivity contribution < 1.29 is 4.79 Å². The quantitative estimate of drug-likeness (QED) is 0.875. The third-order valence-electron chi connectivity index (χ3n) is 3.68. The Morgan fingerprint density at radius 2 is 2.27 bits per heavy atom. The molecule has 2 aromatic rings. The molecule has 0 unspecified atom stereocenters. The molecule has 118 valence electrons. The number of aromatic nitrogens is 4. The largest absolute Gasteiger partial charge is 0.341 e. The van der Waals surface area contributed by atoms with Gasteiger partial charge >= 0.3 is 0 Å². The molecule has 1 amide bonds. The van der Waals surface area contributed by atoms with Crippen LogP contribution >= 0.6 is 11.3 Å². The van der Waals surface area contributed by atoms with Crippen LogP contribution in [0.25, 0.3) is 0 Å². The first-order valence-corrected chi connectivity index (χ1v) is 8.30. The zero-order valence-electron chi connectivity index (χ0n) is 12.8. The Kier molecular flexibility index (Phi) is 4.49. The van der Waals surface area contributed by atoms with Gasteiger partial charge in [0.05, 0.1) is 18.8 Å². The summed E-state index contributed by atoms with van der Waals surface area (Å²) < 4.78 is 0. The minimum absolute atomic E-state index is 0.125. The zero-order chi connectivity index (χ0) is 15.5. The van der Waals surface area contributed by atoms with Crippen LogP contribution in [-0.4, -0.2) is 44.1 Å². The lowest BCUT2D eigenvalue weighted by Crippen LogP contribution is -2.26. The molecule has 1 aliphatic rings. The highest BCUT2D eigenvalue weighted by atomic mass is 32.1. The lowest BCUT2D eigenvalue weighted by atomic mass is 10.3. The summed E-state index contributed by atoms with van der Waals surface area (Å²) in [5.41, 5.74) is 0. The summed E-state index contributed by atoms with van der Waals surface area (Å²) in [7, 11) is 0. The number of thiazole rings is 1. The molecule has 1 atom stereocenters. The third-order valence-corrected chi connectivity index (χ3v) is 4.67. The molecule has 1 aliphatic heterocycles. The predicted octanol–water partition coefficient (Wildman–Crippen LogP) is 1.66. The second-order valence-corrected chi connectivity index (χ2v) is 6.69. The van der Waals surface area contributed by atoms with Crippen molar-refractivity contribution in [1.29, 1.82) is 0 Å². The highest BCUT2D eigenvalue weighted by Crippen LogP contribution is 2.18. The first-order valence-electron chi connectivity index (χ1n) is 7.48. The van der Waals surface area contributed by atoms with Gasteiger partial charge in [-0.2, -0.15) is 5.10 Å². The zero-order valence-corrected chi connectivity index (χ0v) is 13.6. The molecule has 22 heavy (non-hydrogen) atoms. The van der Waals surface area contributed by atoms with E-state index in [4.69, 9.17) is 0 Å². The summed E-state index contributed by atoms with van der Waals surface area (Å²) in [5.74, 6) is 1.20. The Morgan fingerprint density at radius 1 is 1.50 bits per heavy atom. The lowest BCUT2D eigenvalue weighted by Gasteiger charge is -2.11. The standard InChI is InChI=1S/C14H20N6OS/c1-9(13-17-10(2)18-19-13)16-14(21)11-7-15-12(22-11)8-20-5-3-4-6-20/h7,9H,3-6,8H2,1-2H3,(H,16,21)(H,17,18,19)/t9-/m1/s1. The number of carbonyl (C=O) groups is 1. The van der Waals surface area contributed by atoms with Gasteiger partial charge in [0, 0.05) is 0 Å². The van der Waals surface area contributed by atoms with Crippen LogP contribution in [0.1, 0.15) is 52.1 Å². The van der Waals surface area contributed by atoms with Crippen molar-refractivity contribution in [2.45, 2.75) is 39.3 Å². The van der Waals surface area contributed by atoms with Crippen LogP contribution in [0.5, 0.6) is 0 Å². The molecule has 2 N–H and O–H groups in total. The van der Waals surface area contributed by atoms with Crippen LogP contribution in [0.4, 0.5) is 0 Å². The van der Waals surface area contributed by atoms with Gasteiger partial charge in [-0.1, -0.05) is 0 Å². The van der Waals surface area contributed by atoms with E-state index in [9.17, 15) is 4.79 Å². The van der Waals surface area contributed by atoms with Crippen LogP contribution in [0.15, 0.2) is 6.20 Å². The smallest absolute Gasteiger partial charge is 0.263 e. The van der Waals surface area contributed by atoms with Crippen molar-refractivity contribution in [1.82, 2.24) is 30.4 Å². The Bertz CT molecular complexity index is 645. The molecule has 0 spiro atoms. The Balaban J connectivity index is 1.59. The number of likely N-dealkylation sites (tertiary alicyclic amines) is 1. The van der Waals surface area contributed by atoms with E-state index in [0.29, 0.717) is 10.7 Å². The van der Waals surface area contributed by atoms with E-state index in [1.54, 1.807) is 6.20 Å². The summed E-state index contributed by atoms with van der Waals surface area (Å²) in [5, 5.41) is 10.7. The average Bonchev–Trinajstić information content (AvgIpc) is 3.20. The number of nitrogens with one attached hydrogen (secondary N) is 2. The summed E-state index contributed by atoms with van der Waals surface area (Å²) in [6.45, 7) is 6.80. The SMILES string of the molecule is Cc1nc([C@@H](C)NC(=O)c2cnc(CN3CCCC3)s2)n[nH]1. The van der Waals surface area contributed by atoms with Crippen molar-refractivity contribution >= 4 is 17.2 Å². The third kappa shape index (κ3) is 3.50. The molecule has 0 aliphatic carbocycles. The van der Waals surface area contributed by atoms with Crippen LogP contribution < -0.4 is 5.32 Å². The lowest BCUT2D eigenvalue weighted by molar-refractivity contribution is 0.0942. The van der Waals surface area contributed by atoms with E-state index >= 15 is 0 Å². The maximum atomic E-state index is 12.3. The van der Waals surface area contributed by atoms with Gasteiger partial charge < -0.3 is 5.32 Å². The van der Waals surface area contributed by atoms with Crippen molar-refractivity contribution in [3.05, 3.63) is 27.7 Å². The number of hydrogen-bond acceptors (Lipinski definition) is 6. The Labute approximate surface area is 133 Å². The molecule has 2 aromatic heterocycles. The van der Waals surface area contributed by atoms with Crippen LogP contribution in [0.3, 0.4) is 0 Å². The fourth-order valence-electron chi connectivity index (χ4n) is 2.51. The molecule has 8 heteroatoms. The fourth-order valence-corrected chi connectivity index (χ4v) is 3.37. The molecule has 3 heterocycles. The van der Waals surface area contributed by atoms with Crippen LogP contribution in [0.2, 0.25) is 0 Å². The van der Waals surface area contributed by atoms with Crippen molar-refractivity contribution in [3.63, 3.8) is 0 Å². The highest BCUT2D eigenvalue weighted by molar-refractivity contribution is 7.13. The molecular weight excluding hydrogens is 300 g/mol. The van der Waals surface area contributed by atoms with Gasteiger partial charge in [-0.05, 0) is 39.8 Å². The van der Waals surface area contributed by atoms with E-state index in [1.807, 2.05) is 13.8 Å². The molecule has 0 saturated carbocycles. The van der Waals surface area contributed by atoms with Crippen LogP contribution in [-0.2, 0) is 6.54 Å². The number of H-pyrrole nitrogens is 1. The summed E-state index contributed by atoms with van der Waals surface area (Å²) in [6.07, 6.45) is 4.17. The van der Waals surface area contributed by atoms with E-state index in [-0.39, 0.29) is 11.9 Å². The minimum atomic E-state index is -0.235. The highest BCUT2D eigenvalue weighted by Gasteiger charge is 2.18. The van der Waals surface area contributed by atoms with E-state index in [0.717, 1.165) is 30.5 Å². The van der Waals surface area contributed by atoms with Gasteiger partial charge in [-0.25, -0.2) is 9.97 Å². The van der Waals surface area contributed by atoms with E-state index in [2.05, 4.69) is 30.4 Å². The minimum Gasteiger partial charge on any atom is -0.341 e. The number of nitrogens with zero attached hydrogens (tertiary/aromatic N) is 4. The first-order chi connectivity index (χ1) is 10.6. The number of hydrogen-bond donors (Lipinski definition) is 2. The van der Waals surface area contributed by atoms with Crippen molar-refractivity contribution in [2.75, 3.05) is 13.1 Å². The van der Waals surface area contributed by atoms with Gasteiger partial charge in [-0.3, -0.25) is 14.8 Å². The summed E-state index contributed by atoms with van der Waals surface area (Å²) >= 11 is 1.46. The van der Waals surface area contributed by atoms with Gasteiger partial charge in [0.1, 0.15) is 15.7 Å². The van der Waals surface area contributed by atoms with E-state index < -0.39 is 0 Å². The summed E-state index contributed by atoms with van der Waals surface area (Å²) in [6, 6.07) is -0.235. The maximum Gasteiger partial charge on any atom is 0.263 e. The second-order valence-electron chi connectivity index (χ2n) is 5.58. The van der Waals surface area contributed by atoms with Crippen molar-refractivity contribution in [3.8, 4) is 0 Å². The first kappa shape index (κ1) is 15.1. The Hall–Kier alpha value is -1.80. The topological polar surface area (TPSA) is 86.8 Å².